The summed E-state index contributed by atoms with van der Waals surface area (Å²) in [5.74, 6) is 1.88. The molecule has 14 heavy (non-hydrogen) atoms. The van der Waals surface area contributed by atoms with E-state index in [9.17, 15) is 4.79 Å². The van der Waals surface area contributed by atoms with Crippen molar-refractivity contribution in [2.45, 2.75) is 6.04 Å². The van der Waals surface area contributed by atoms with E-state index in [1.807, 2.05) is 0 Å². The van der Waals surface area contributed by atoms with Crippen LogP contribution in [-0.2, 0) is 4.79 Å². The number of hydrogen-bond donors (Lipinski definition) is 1. The molecule has 0 aromatic heterocycles. The Bertz CT molecular complexity index is 214. The molecule has 0 aromatic rings. The van der Waals surface area contributed by atoms with Gasteiger partial charge >= 0.3 is 0 Å². The predicted molar refractivity (Wildman–Crippen MR) is 61.2 cm³/mol. The predicted octanol–water partition coefficient (Wildman–Crippen LogP) is 0.849. The summed E-state index contributed by atoms with van der Waals surface area (Å²) in [7, 11) is 0. The van der Waals surface area contributed by atoms with Crippen LogP contribution in [0.1, 0.15) is 0 Å². The van der Waals surface area contributed by atoms with Gasteiger partial charge in [-0.1, -0.05) is 12.2 Å². The highest BCUT2D eigenvalue weighted by Crippen LogP contribution is 2.11. The first kappa shape index (κ1) is 11.3. The monoisotopic (exact) mass is 212 g/mol. The molecule has 0 radical (unpaired) electrons. The Morgan fingerprint density at radius 3 is 2.57 bits per heavy atom. The van der Waals surface area contributed by atoms with Crippen molar-refractivity contribution in [2.24, 2.45) is 0 Å². The molecule has 0 spiro atoms. The molecule has 0 aromatic carbocycles. The highest BCUT2D eigenvalue weighted by molar-refractivity contribution is 7.99. The number of carbonyl (C=O) groups excluding carboxylic acids is 1. The van der Waals surface area contributed by atoms with Crippen LogP contribution in [0.15, 0.2) is 25.3 Å². The summed E-state index contributed by atoms with van der Waals surface area (Å²) < 4.78 is 0. The summed E-state index contributed by atoms with van der Waals surface area (Å²) >= 11 is 1.75. The number of thioether (sulfide) groups is 1. The molecule has 1 fully saturated rings. The third-order valence-electron chi connectivity index (χ3n) is 2.03. The lowest BCUT2D eigenvalue weighted by molar-refractivity contribution is -0.131. The van der Waals surface area contributed by atoms with Crippen LogP contribution < -0.4 is 5.32 Å². The Balaban J connectivity index is 2.51. The lowest BCUT2D eigenvalue weighted by Gasteiger charge is -2.22. The molecule has 3 nitrogen and oxygen atoms in total. The third kappa shape index (κ3) is 2.89. The van der Waals surface area contributed by atoms with Gasteiger partial charge in [0.2, 0.25) is 5.91 Å². The Hall–Kier alpha value is -0.740. The fourth-order valence-corrected chi connectivity index (χ4v) is 2.27. The zero-order valence-electron chi connectivity index (χ0n) is 8.24. The highest BCUT2D eigenvalue weighted by Gasteiger charge is 2.25. The van der Waals surface area contributed by atoms with Gasteiger partial charge in [0, 0.05) is 24.7 Å². The van der Waals surface area contributed by atoms with E-state index < -0.39 is 0 Å². The van der Waals surface area contributed by atoms with Crippen LogP contribution in [0.4, 0.5) is 0 Å². The maximum atomic E-state index is 11.9. The number of nitrogens with zero attached hydrogens (tertiary/aromatic N) is 1. The second-order valence-electron chi connectivity index (χ2n) is 3.09. The van der Waals surface area contributed by atoms with E-state index in [2.05, 4.69) is 18.5 Å². The van der Waals surface area contributed by atoms with Crippen LogP contribution in [0.25, 0.3) is 0 Å². The van der Waals surface area contributed by atoms with Crippen molar-refractivity contribution in [1.82, 2.24) is 10.2 Å². The van der Waals surface area contributed by atoms with Gasteiger partial charge in [-0.05, 0) is 0 Å². The molecule has 1 rings (SSSR count). The van der Waals surface area contributed by atoms with E-state index in [-0.39, 0.29) is 11.9 Å². The molecule has 0 bridgehead atoms. The Kier molecular flexibility index (Phi) is 4.76. The Labute approximate surface area is 89.2 Å². The first-order valence-corrected chi connectivity index (χ1v) is 5.76. The van der Waals surface area contributed by atoms with Crippen molar-refractivity contribution >= 4 is 17.7 Å². The minimum absolute atomic E-state index is 0.0279. The maximum absolute atomic E-state index is 11.9. The summed E-state index contributed by atoms with van der Waals surface area (Å²) in [6.45, 7) is 8.46. The lowest BCUT2D eigenvalue weighted by Crippen LogP contribution is -2.45. The Morgan fingerprint density at radius 2 is 2.14 bits per heavy atom. The average Bonchev–Trinajstić information content (AvgIpc) is 2.69. The molecule has 0 saturated carbocycles. The van der Waals surface area contributed by atoms with Crippen LogP contribution in [-0.4, -0.2) is 41.6 Å². The SMILES string of the molecule is C=CCN(CC=C)C(=O)C1CSCN1. The van der Waals surface area contributed by atoms with Gasteiger partial charge in [0.05, 0.1) is 6.04 Å². The number of hydrogen-bond acceptors (Lipinski definition) is 3. The summed E-state index contributed by atoms with van der Waals surface area (Å²) in [5.41, 5.74) is 0. The molecule has 1 aliphatic heterocycles. The van der Waals surface area contributed by atoms with Gasteiger partial charge in [-0.2, -0.15) is 0 Å². The number of amides is 1. The molecule has 78 valence electrons. The van der Waals surface area contributed by atoms with Gasteiger partial charge in [-0.3, -0.25) is 10.1 Å². The fourth-order valence-electron chi connectivity index (χ4n) is 1.34. The maximum Gasteiger partial charge on any atom is 0.241 e. The fraction of sp³-hybridized carbons (Fsp3) is 0.500. The molecule has 0 aliphatic carbocycles. The van der Waals surface area contributed by atoms with Crippen molar-refractivity contribution in [2.75, 3.05) is 24.7 Å². The molecule has 1 saturated heterocycles. The zero-order chi connectivity index (χ0) is 10.4. The molecule has 1 atom stereocenters. The van der Waals surface area contributed by atoms with Gasteiger partial charge in [0.1, 0.15) is 0 Å². The molecule has 1 heterocycles. The van der Waals surface area contributed by atoms with Crippen molar-refractivity contribution in [3.63, 3.8) is 0 Å². The third-order valence-corrected chi connectivity index (χ3v) is 2.96. The van der Waals surface area contributed by atoms with Gasteiger partial charge in [0.15, 0.2) is 0 Å². The van der Waals surface area contributed by atoms with Crippen LogP contribution in [0.3, 0.4) is 0 Å². The lowest BCUT2D eigenvalue weighted by atomic mass is 10.3. The Morgan fingerprint density at radius 1 is 1.50 bits per heavy atom. The smallest absolute Gasteiger partial charge is 0.241 e. The molecular weight excluding hydrogens is 196 g/mol. The van der Waals surface area contributed by atoms with Gasteiger partial charge < -0.3 is 4.90 Å². The molecule has 4 heteroatoms. The van der Waals surface area contributed by atoms with Crippen molar-refractivity contribution in [3.05, 3.63) is 25.3 Å². The second-order valence-corrected chi connectivity index (χ2v) is 4.12. The topological polar surface area (TPSA) is 32.3 Å². The normalized spacial score (nSPS) is 20.4. The summed E-state index contributed by atoms with van der Waals surface area (Å²) in [5, 5.41) is 3.16. The van der Waals surface area contributed by atoms with E-state index in [0.717, 1.165) is 11.6 Å². The number of nitrogens with one attached hydrogen (secondary N) is 1. The number of rotatable bonds is 5. The zero-order valence-corrected chi connectivity index (χ0v) is 9.05. The van der Waals surface area contributed by atoms with Gasteiger partial charge in [0.25, 0.3) is 0 Å². The number of carbonyl (C=O) groups is 1. The minimum Gasteiger partial charge on any atom is -0.334 e. The van der Waals surface area contributed by atoms with Crippen LogP contribution >= 0.6 is 11.8 Å². The molecular formula is C10H16N2OS. The van der Waals surface area contributed by atoms with E-state index in [1.165, 1.54) is 0 Å². The van der Waals surface area contributed by atoms with Crippen molar-refractivity contribution in [3.8, 4) is 0 Å². The summed E-state index contributed by atoms with van der Waals surface area (Å²) in [6.07, 6.45) is 3.48. The molecule has 1 amide bonds. The minimum atomic E-state index is -0.0279. The van der Waals surface area contributed by atoms with Gasteiger partial charge in [-0.25, -0.2) is 0 Å². The molecule has 1 aliphatic rings. The first-order chi connectivity index (χ1) is 6.79. The average molecular weight is 212 g/mol. The van der Waals surface area contributed by atoms with Gasteiger partial charge in [-0.15, -0.1) is 24.9 Å². The van der Waals surface area contributed by atoms with Crippen LogP contribution in [0, 0.1) is 0 Å². The van der Waals surface area contributed by atoms with E-state index in [4.69, 9.17) is 0 Å². The quantitative estimate of drug-likeness (QED) is 0.686. The van der Waals surface area contributed by atoms with Crippen molar-refractivity contribution in [1.29, 1.82) is 0 Å². The first-order valence-electron chi connectivity index (χ1n) is 4.61. The molecule has 1 N–H and O–H groups in total. The summed E-state index contributed by atoms with van der Waals surface area (Å²) in [6, 6.07) is -0.0279. The second kappa shape index (κ2) is 5.88. The molecule has 1 unspecified atom stereocenters. The highest BCUT2D eigenvalue weighted by atomic mass is 32.2. The van der Waals surface area contributed by atoms with Crippen LogP contribution in [0.2, 0.25) is 0 Å². The largest absolute Gasteiger partial charge is 0.334 e. The van der Waals surface area contributed by atoms with E-state index in [1.54, 1.807) is 28.8 Å². The van der Waals surface area contributed by atoms with E-state index in [0.29, 0.717) is 13.1 Å². The van der Waals surface area contributed by atoms with E-state index >= 15 is 0 Å². The van der Waals surface area contributed by atoms with Crippen molar-refractivity contribution < 1.29 is 4.79 Å². The summed E-state index contributed by atoms with van der Waals surface area (Å²) in [4.78, 5) is 13.6. The van der Waals surface area contributed by atoms with Crippen LogP contribution in [0.5, 0.6) is 0 Å². The standard InChI is InChI=1S/C10H16N2OS/c1-3-5-12(6-4-2)10(13)9-7-14-8-11-9/h3-4,9,11H,1-2,5-8H2.